The largest absolute Gasteiger partial charge is 0.480 e. The van der Waals surface area contributed by atoms with Gasteiger partial charge < -0.3 is 15.2 Å². The van der Waals surface area contributed by atoms with Gasteiger partial charge in [-0.2, -0.15) is 0 Å². The van der Waals surface area contributed by atoms with Gasteiger partial charge in [-0.25, -0.2) is 4.79 Å². The third-order valence-electron chi connectivity index (χ3n) is 9.61. The molecule has 0 saturated heterocycles. The fraction of sp³-hybridized carbons (Fsp3) is 0.471. The molecule has 1 unspecified atom stereocenters. The summed E-state index contributed by atoms with van der Waals surface area (Å²) in [6.07, 6.45) is 9.60. The highest BCUT2D eigenvalue weighted by Crippen LogP contribution is 2.62. The Bertz CT molecular complexity index is 1360. The Balaban J connectivity index is 1.48. The first-order chi connectivity index (χ1) is 18.9. The van der Waals surface area contributed by atoms with Crippen LogP contribution in [0.2, 0.25) is 0 Å². The predicted molar refractivity (Wildman–Crippen MR) is 154 cm³/mol. The van der Waals surface area contributed by atoms with Gasteiger partial charge in [-0.3, -0.25) is 4.79 Å². The number of unbranched alkanes of at least 4 members (excludes halogenated alkanes) is 1. The van der Waals surface area contributed by atoms with Crippen LogP contribution >= 0.6 is 0 Å². The summed E-state index contributed by atoms with van der Waals surface area (Å²) in [7, 11) is 1.40. The molecule has 204 valence electrons. The van der Waals surface area contributed by atoms with E-state index in [2.05, 4.69) is 37.3 Å². The van der Waals surface area contributed by atoms with Crippen LogP contribution < -0.4 is 10.5 Å². The van der Waals surface area contributed by atoms with Gasteiger partial charge in [0.25, 0.3) is 5.91 Å². The number of hydrogen-bond donors (Lipinski definition) is 1. The molecule has 4 aliphatic carbocycles. The number of nitrogens with two attached hydrogens (primary N) is 1. The average Bonchev–Trinajstić information content (AvgIpc) is 2.93. The minimum absolute atomic E-state index is 0.0904. The molecule has 3 aromatic rings. The van der Waals surface area contributed by atoms with Crippen LogP contribution in [-0.4, -0.2) is 25.1 Å². The van der Waals surface area contributed by atoms with Crippen molar-refractivity contribution in [2.75, 3.05) is 7.11 Å². The molecule has 4 saturated carbocycles. The molecular formula is C34H39NO4. The SMILES string of the molecule is CCCCC(Oc1cc2cccc(-c3ccc(C(=O)OC)cc3)c2cc1C12CC3CC(CC(C3)C1)C2)C(N)=O. The number of methoxy groups -OCH3 is 1. The van der Waals surface area contributed by atoms with Crippen molar-refractivity contribution in [2.45, 2.75) is 76.2 Å². The van der Waals surface area contributed by atoms with E-state index in [0.29, 0.717) is 12.0 Å². The molecule has 4 aliphatic rings. The summed E-state index contributed by atoms with van der Waals surface area (Å²) >= 11 is 0. The molecule has 4 bridgehead atoms. The highest BCUT2D eigenvalue weighted by atomic mass is 16.5. The number of benzene rings is 3. The van der Waals surface area contributed by atoms with E-state index in [1.54, 1.807) is 0 Å². The second-order valence-corrected chi connectivity index (χ2v) is 12.3. The van der Waals surface area contributed by atoms with Crippen molar-refractivity contribution in [1.29, 1.82) is 0 Å². The average molecular weight is 526 g/mol. The summed E-state index contributed by atoms with van der Waals surface area (Å²) in [6.45, 7) is 2.12. The maximum atomic E-state index is 12.4. The third kappa shape index (κ3) is 4.81. The van der Waals surface area contributed by atoms with Crippen molar-refractivity contribution in [2.24, 2.45) is 23.5 Å². The number of fused-ring (bicyclic) bond motifs is 1. The predicted octanol–water partition coefficient (Wildman–Crippen LogP) is 7.18. The zero-order valence-corrected chi connectivity index (χ0v) is 23.1. The Kier molecular flexibility index (Phi) is 6.86. The van der Waals surface area contributed by atoms with Crippen LogP contribution in [0.5, 0.6) is 5.75 Å². The number of hydrogen-bond acceptors (Lipinski definition) is 4. The highest BCUT2D eigenvalue weighted by Gasteiger charge is 2.52. The van der Waals surface area contributed by atoms with Crippen LogP contribution in [0.4, 0.5) is 0 Å². The van der Waals surface area contributed by atoms with E-state index in [0.717, 1.165) is 52.9 Å². The number of esters is 1. The minimum atomic E-state index is -0.621. The van der Waals surface area contributed by atoms with Crippen molar-refractivity contribution in [3.63, 3.8) is 0 Å². The number of carbonyl (C=O) groups excluding carboxylic acids is 2. The Morgan fingerprint density at radius 3 is 2.23 bits per heavy atom. The summed E-state index contributed by atoms with van der Waals surface area (Å²) in [6, 6.07) is 18.5. The molecule has 5 heteroatoms. The van der Waals surface area contributed by atoms with Crippen molar-refractivity contribution in [3.05, 3.63) is 65.7 Å². The van der Waals surface area contributed by atoms with Crippen LogP contribution in [0, 0.1) is 17.8 Å². The molecule has 4 fully saturated rings. The second kappa shape index (κ2) is 10.3. The summed E-state index contributed by atoms with van der Waals surface area (Å²) in [5, 5.41) is 2.25. The molecular weight excluding hydrogens is 486 g/mol. The first-order valence-electron chi connectivity index (χ1n) is 14.6. The van der Waals surface area contributed by atoms with Crippen molar-refractivity contribution >= 4 is 22.6 Å². The number of ether oxygens (including phenoxy) is 2. The summed E-state index contributed by atoms with van der Waals surface area (Å²) in [4.78, 5) is 24.4. The van der Waals surface area contributed by atoms with Crippen LogP contribution in [-0.2, 0) is 14.9 Å². The molecule has 2 N–H and O–H groups in total. The van der Waals surface area contributed by atoms with E-state index in [9.17, 15) is 9.59 Å². The van der Waals surface area contributed by atoms with Gasteiger partial charge in [-0.05, 0) is 121 Å². The smallest absolute Gasteiger partial charge is 0.337 e. The topological polar surface area (TPSA) is 78.6 Å². The Morgan fingerprint density at radius 2 is 1.64 bits per heavy atom. The van der Waals surface area contributed by atoms with Gasteiger partial charge in [0.1, 0.15) is 5.75 Å². The lowest BCUT2D eigenvalue weighted by molar-refractivity contribution is -0.125. The number of primary amides is 1. The normalized spacial score (nSPS) is 25.9. The second-order valence-electron chi connectivity index (χ2n) is 12.3. The standard InChI is InChI=1S/C34H39NO4/c1-3-4-8-30(32(35)36)39-31-16-26-6-5-7-27(24-9-11-25(12-10-24)33(37)38-2)28(26)17-29(31)34-18-21-13-22(19-34)15-23(14-21)20-34/h5-7,9-12,16-17,21-23,30H,3-4,8,13-15,18-20H2,1-2H3,(H2,35,36). The molecule has 0 spiro atoms. The van der Waals surface area contributed by atoms with Gasteiger partial charge in [0.05, 0.1) is 12.7 Å². The summed E-state index contributed by atoms with van der Waals surface area (Å²) in [5.41, 5.74) is 9.91. The number of carbonyl (C=O) groups is 2. The van der Waals surface area contributed by atoms with Gasteiger partial charge in [0, 0.05) is 5.56 Å². The fourth-order valence-electron chi connectivity index (χ4n) is 8.21. The van der Waals surface area contributed by atoms with Gasteiger partial charge in [-0.1, -0.05) is 43.7 Å². The highest BCUT2D eigenvalue weighted by molar-refractivity contribution is 5.99. The lowest BCUT2D eigenvalue weighted by atomic mass is 9.48. The first-order valence-corrected chi connectivity index (χ1v) is 14.6. The molecule has 5 nitrogen and oxygen atoms in total. The Hall–Kier alpha value is -3.34. The van der Waals surface area contributed by atoms with Crippen molar-refractivity contribution in [1.82, 2.24) is 0 Å². The molecule has 1 atom stereocenters. The van der Waals surface area contributed by atoms with Gasteiger partial charge in [0.2, 0.25) is 0 Å². The monoisotopic (exact) mass is 525 g/mol. The molecule has 0 heterocycles. The Morgan fingerprint density at radius 1 is 0.974 bits per heavy atom. The maximum absolute atomic E-state index is 12.4. The molecule has 39 heavy (non-hydrogen) atoms. The van der Waals surface area contributed by atoms with Crippen LogP contribution in [0.3, 0.4) is 0 Å². The van der Waals surface area contributed by atoms with Crippen LogP contribution in [0.25, 0.3) is 21.9 Å². The molecule has 0 aliphatic heterocycles. The summed E-state index contributed by atoms with van der Waals surface area (Å²) in [5.74, 6) is 2.47. The van der Waals surface area contributed by atoms with Gasteiger partial charge in [0.15, 0.2) is 6.10 Å². The van der Waals surface area contributed by atoms with E-state index < -0.39 is 6.10 Å². The van der Waals surface area contributed by atoms with Crippen LogP contribution in [0.15, 0.2) is 54.6 Å². The fourth-order valence-corrected chi connectivity index (χ4v) is 8.21. The minimum Gasteiger partial charge on any atom is -0.480 e. The van der Waals surface area contributed by atoms with E-state index in [1.807, 2.05) is 24.3 Å². The van der Waals surface area contributed by atoms with Gasteiger partial charge >= 0.3 is 5.97 Å². The Labute approximate surface area is 231 Å². The van der Waals surface area contributed by atoms with Crippen LogP contribution in [0.1, 0.15) is 80.6 Å². The molecule has 3 aromatic carbocycles. The molecule has 1 amide bonds. The number of rotatable bonds is 9. The lowest BCUT2D eigenvalue weighted by Gasteiger charge is -2.57. The van der Waals surface area contributed by atoms with E-state index in [-0.39, 0.29) is 17.3 Å². The van der Waals surface area contributed by atoms with E-state index in [4.69, 9.17) is 15.2 Å². The molecule has 0 aromatic heterocycles. The zero-order chi connectivity index (χ0) is 27.1. The number of amides is 1. The van der Waals surface area contributed by atoms with Gasteiger partial charge in [-0.15, -0.1) is 0 Å². The van der Waals surface area contributed by atoms with Crippen molar-refractivity contribution in [3.8, 4) is 16.9 Å². The summed E-state index contributed by atoms with van der Waals surface area (Å²) < 4.78 is 11.5. The van der Waals surface area contributed by atoms with E-state index in [1.165, 1.54) is 56.6 Å². The molecule has 0 radical (unpaired) electrons. The van der Waals surface area contributed by atoms with Crippen molar-refractivity contribution < 1.29 is 19.1 Å². The quantitative estimate of drug-likeness (QED) is 0.300. The molecule has 7 rings (SSSR count). The third-order valence-corrected chi connectivity index (χ3v) is 9.61. The lowest BCUT2D eigenvalue weighted by Crippen LogP contribution is -2.48. The zero-order valence-electron chi connectivity index (χ0n) is 23.1. The van der Waals surface area contributed by atoms with E-state index >= 15 is 0 Å². The maximum Gasteiger partial charge on any atom is 0.337 e. The first kappa shape index (κ1) is 25.9.